The zero-order valence-corrected chi connectivity index (χ0v) is 10.9. The van der Waals surface area contributed by atoms with E-state index in [-0.39, 0.29) is 18.0 Å². The Morgan fingerprint density at radius 2 is 2.22 bits per heavy atom. The fourth-order valence-electron chi connectivity index (χ4n) is 1.59. The molecule has 0 saturated carbocycles. The van der Waals surface area contributed by atoms with Gasteiger partial charge in [-0.3, -0.25) is 10.1 Å². The van der Waals surface area contributed by atoms with Crippen molar-refractivity contribution >= 4 is 17.0 Å². The Labute approximate surface area is 108 Å². The van der Waals surface area contributed by atoms with E-state index in [0.29, 0.717) is 5.56 Å². The van der Waals surface area contributed by atoms with Crippen LogP contribution in [-0.2, 0) is 6.61 Å². The molecule has 1 aromatic carbocycles. The highest BCUT2D eigenvalue weighted by Gasteiger charge is 2.18. The van der Waals surface area contributed by atoms with Crippen LogP contribution in [0.15, 0.2) is 23.6 Å². The molecule has 0 unspecified atom stereocenters. The summed E-state index contributed by atoms with van der Waals surface area (Å²) in [5.74, 6) is 0.285. The zero-order chi connectivity index (χ0) is 13.1. The summed E-state index contributed by atoms with van der Waals surface area (Å²) < 4.78 is 5.48. The lowest BCUT2D eigenvalue weighted by molar-refractivity contribution is -0.386. The molecule has 0 atom stereocenters. The Morgan fingerprint density at radius 1 is 1.44 bits per heavy atom. The van der Waals surface area contributed by atoms with Crippen molar-refractivity contribution in [3.63, 3.8) is 0 Å². The van der Waals surface area contributed by atoms with E-state index in [1.165, 1.54) is 11.3 Å². The van der Waals surface area contributed by atoms with Crippen LogP contribution in [0.5, 0.6) is 5.75 Å². The maximum absolute atomic E-state index is 11.0. The van der Waals surface area contributed by atoms with Crippen molar-refractivity contribution in [2.75, 3.05) is 0 Å². The van der Waals surface area contributed by atoms with Crippen molar-refractivity contribution in [1.82, 2.24) is 4.98 Å². The van der Waals surface area contributed by atoms with E-state index in [0.717, 1.165) is 10.7 Å². The fourth-order valence-corrected chi connectivity index (χ4v) is 2.27. The minimum atomic E-state index is -0.419. The number of thiazole rings is 1. The molecule has 1 heterocycles. The summed E-state index contributed by atoms with van der Waals surface area (Å²) in [6.45, 7) is 3.84. The lowest BCUT2D eigenvalue weighted by Crippen LogP contribution is -2.00. The predicted molar refractivity (Wildman–Crippen MR) is 69.0 cm³/mol. The number of nitro groups is 1. The van der Waals surface area contributed by atoms with Gasteiger partial charge in [0.15, 0.2) is 5.75 Å². The lowest BCUT2D eigenvalue weighted by Gasteiger charge is -2.06. The summed E-state index contributed by atoms with van der Waals surface area (Å²) in [5.41, 5.74) is 1.54. The molecule has 2 rings (SSSR count). The Hall–Kier alpha value is -1.95. The highest BCUT2D eigenvalue weighted by molar-refractivity contribution is 7.09. The van der Waals surface area contributed by atoms with Crippen LogP contribution in [0.2, 0.25) is 0 Å². The van der Waals surface area contributed by atoms with E-state index in [1.807, 2.05) is 12.3 Å². The molecule has 94 valence electrons. The molecule has 6 heteroatoms. The Morgan fingerprint density at radius 3 is 2.83 bits per heavy atom. The van der Waals surface area contributed by atoms with Crippen LogP contribution in [0.4, 0.5) is 5.69 Å². The van der Waals surface area contributed by atoms with Gasteiger partial charge in [-0.25, -0.2) is 4.98 Å². The van der Waals surface area contributed by atoms with E-state index >= 15 is 0 Å². The molecule has 0 radical (unpaired) electrons. The second kappa shape index (κ2) is 5.14. The van der Waals surface area contributed by atoms with Gasteiger partial charge in [0.2, 0.25) is 0 Å². The quantitative estimate of drug-likeness (QED) is 0.628. The maximum Gasteiger partial charge on any atom is 0.313 e. The molecule has 0 bridgehead atoms. The van der Waals surface area contributed by atoms with E-state index in [1.54, 1.807) is 25.1 Å². The molecule has 0 spiro atoms. The number of nitro benzene ring substituents is 1. The van der Waals surface area contributed by atoms with E-state index in [4.69, 9.17) is 4.74 Å². The van der Waals surface area contributed by atoms with Crippen molar-refractivity contribution in [2.45, 2.75) is 20.5 Å². The van der Waals surface area contributed by atoms with Gasteiger partial charge >= 0.3 is 5.69 Å². The van der Waals surface area contributed by atoms with Gasteiger partial charge in [0, 0.05) is 16.6 Å². The molecule has 0 aliphatic carbocycles. The van der Waals surface area contributed by atoms with Gasteiger partial charge in [0.25, 0.3) is 0 Å². The standard InChI is InChI=1S/C12H12N2O3S/c1-8-4-3-5-10(12(8)14(15)16)17-6-11-13-9(2)7-18-11/h3-5,7H,6H2,1-2H3. The van der Waals surface area contributed by atoms with Crippen LogP contribution < -0.4 is 4.74 Å². The van der Waals surface area contributed by atoms with E-state index in [9.17, 15) is 10.1 Å². The molecule has 0 aliphatic rings. The molecular formula is C12H12N2O3S. The van der Waals surface area contributed by atoms with Gasteiger partial charge in [0.1, 0.15) is 11.6 Å². The molecule has 0 saturated heterocycles. The molecule has 5 nitrogen and oxygen atoms in total. The van der Waals surface area contributed by atoms with Crippen LogP contribution in [-0.4, -0.2) is 9.91 Å². The molecule has 1 aromatic heterocycles. The number of aryl methyl sites for hydroxylation is 2. The fraction of sp³-hybridized carbons (Fsp3) is 0.250. The van der Waals surface area contributed by atoms with Crippen molar-refractivity contribution < 1.29 is 9.66 Å². The van der Waals surface area contributed by atoms with Crippen molar-refractivity contribution in [1.29, 1.82) is 0 Å². The second-order valence-corrected chi connectivity index (χ2v) is 4.79. The molecule has 0 N–H and O–H groups in total. The average molecular weight is 264 g/mol. The highest BCUT2D eigenvalue weighted by Crippen LogP contribution is 2.30. The number of ether oxygens (including phenoxy) is 1. The third-order valence-corrected chi connectivity index (χ3v) is 3.34. The summed E-state index contributed by atoms with van der Waals surface area (Å²) in [5, 5.41) is 13.7. The Bertz CT molecular complexity index is 580. The van der Waals surface area contributed by atoms with Crippen molar-refractivity contribution in [3.05, 3.63) is 50.0 Å². The molecule has 18 heavy (non-hydrogen) atoms. The average Bonchev–Trinajstić information content (AvgIpc) is 2.72. The smallest absolute Gasteiger partial charge is 0.313 e. The third kappa shape index (κ3) is 2.65. The Kier molecular flexibility index (Phi) is 3.57. The minimum Gasteiger partial charge on any atom is -0.479 e. The molecule has 0 aliphatic heterocycles. The number of benzene rings is 1. The van der Waals surface area contributed by atoms with Crippen LogP contribution >= 0.6 is 11.3 Å². The molecular weight excluding hydrogens is 252 g/mol. The number of rotatable bonds is 4. The first-order valence-electron chi connectivity index (χ1n) is 5.35. The van der Waals surface area contributed by atoms with Gasteiger partial charge in [-0.15, -0.1) is 11.3 Å². The number of aromatic nitrogens is 1. The summed E-state index contributed by atoms with van der Waals surface area (Å²) >= 11 is 1.48. The van der Waals surface area contributed by atoms with Crippen molar-refractivity contribution in [2.24, 2.45) is 0 Å². The number of hydrogen-bond acceptors (Lipinski definition) is 5. The summed E-state index contributed by atoms with van der Waals surface area (Å²) in [7, 11) is 0. The van der Waals surface area contributed by atoms with E-state index < -0.39 is 4.92 Å². The second-order valence-electron chi connectivity index (χ2n) is 3.85. The number of hydrogen-bond donors (Lipinski definition) is 0. The predicted octanol–water partition coefficient (Wildman–Crippen LogP) is 3.25. The maximum atomic E-state index is 11.0. The first-order chi connectivity index (χ1) is 8.58. The topological polar surface area (TPSA) is 65.3 Å². The first kappa shape index (κ1) is 12.5. The zero-order valence-electron chi connectivity index (χ0n) is 10.0. The summed E-state index contributed by atoms with van der Waals surface area (Å²) in [4.78, 5) is 14.8. The summed E-state index contributed by atoms with van der Waals surface area (Å²) in [6.07, 6.45) is 0. The van der Waals surface area contributed by atoms with Gasteiger partial charge in [-0.05, 0) is 19.9 Å². The van der Waals surface area contributed by atoms with Gasteiger partial charge in [-0.1, -0.05) is 12.1 Å². The molecule has 2 aromatic rings. The number of para-hydroxylation sites is 1. The van der Waals surface area contributed by atoms with Crippen LogP contribution in [0.25, 0.3) is 0 Å². The lowest BCUT2D eigenvalue weighted by atomic mass is 10.2. The minimum absolute atomic E-state index is 0.0192. The largest absolute Gasteiger partial charge is 0.479 e. The van der Waals surface area contributed by atoms with Crippen LogP contribution in [0, 0.1) is 24.0 Å². The SMILES string of the molecule is Cc1csc(COc2cccc(C)c2[N+](=O)[O-])n1. The number of nitrogens with zero attached hydrogens (tertiary/aromatic N) is 2. The Balaban J connectivity index is 2.19. The first-order valence-corrected chi connectivity index (χ1v) is 6.23. The molecule has 0 fully saturated rings. The van der Waals surface area contributed by atoms with Crippen LogP contribution in [0.3, 0.4) is 0 Å². The van der Waals surface area contributed by atoms with E-state index in [2.05, 4.69) is 4.98 Å². The third-order valence-electron chi connectivity index (χ3n) is 2.40. The van der Waals surface area contributed by atoms with Gasteiger partial charge in [0.05, 0.1) is 4.92 Å². The normalized spacial score (nSPS) is 10.3. The summed E-state index contributed by atoms with van der Waals surface area (Å²) in [6, 6.07) is 5.04. The monoisotopic (exact) mass is 264 g/mol. The van der Waals surface area contributed by atoms with Crippen molar-refractivity contribution in [3.8, 4) is 5.75 Å². The highest BCUT2D eigenvalue weighted by atomic mass is 32.1. The van der Waals surface area contributed by atoms with Gasteiger partial charge < -0.3 is 4.74 Å². The van der Waals surface area contributed by atoms with Crippen LogP contribution in [0.1, 0.15) is 16.3 Å². The molecule has 0 amide bonds. The van der Waals surface area contributed by atoms with Gasteiger partial charge in [-0.2, -0.15) is 0 Å².